The van der Waals surface area contributed by atoms with Crippen LogP contribution in [0.2, 0.25) is 0 Å². The van der Waals surface area contributed by atoms with Gasteiger partial charge in [-0.2, -0.15) is 0 Å². The fourth-order valence-electron chi connectivity index (χ4n) is 2.11. The van der Waals surface area contributed by atoms with Crippen molar-refractivity contribution >= 4 is 33.4 Å². The Morgan fingerprint density at radius 3 is 2.55 bits per heavy atom. The molecule has 2 aromatic rings. The van der Waals surface area contributed by atoms with Gasteiger partial charge in [0.15, 0.2) is 0 Å². The van der Waals surface area contributed by atoms with Crippen LogP contribution in [-0.2, 0) is 16.6 Å². The van der Waals surface area contributed by atoms with Gasteiger partial charge in [0.25, 0.3) is 5.91 Å². The van der Waals surface area contributed by atoms with Gasteiger partial charge in [0, 0.05) is 14.0 Å². The molecule has 0 saturated carbocycles. The summed E-state index contributed by atoms with van der Waals surface area (Å²) in [5.74, 6) is -0.570. The van der Waals surface area contributed by atoms with Crippen LogP contribution in [0.15, 0.2) is 29.4 Å². The first-order chi connectivity index (χ1) is 10.4. The highest BCUT2D eigenvalue weighted by Crippen LogP contribution is 2.14. The van der Waals surface area contributed by atoms with Crippen molar-refractivity contribution in [3.63, 3.8) is 0 Å². The molecule has 0 fully saturated rings. The van der Waals surface area contributed by atoms with Crippen molar-refractivity contribution in [3.8, 4) is 0 Å². The monoisotopic (exact) mass is 320 g/mol. The van der Waals surface area contributed by atoms with E-state index in [1.807, 2.05) is 49.7 Å². The zero-order valence-electron chi connectivity index (χ0n) is 13.1. The van der Waals surface area contributed by atoms with Gasteiger partial charge >= 0.3 is 0 Å². The molecular formula is C15H20N4O2S. The minimum atomic E-state index is -0.596. The summed E-state index contributed by atoms with van der Waals surface area (Å²) >= 11 is 1.49. The van der Waals surface area contributed by atoms with Gasteiger partial charge in [0.1, 0.15) is 6.04 Å². The maximum Gasteiger partial charge on any atom is 0.262 e. The van der Waals surface area contributed by atoms with E-state index >= 15 is 0 Å². The van der Waals surface area contributed by atoms with Gasteiger partial charge in [-0.1, -0.05) is 37.3 Å². The molecule has 1 aromatic carbocycles. The first-order valence-electron chi connectivity index (χ1n) is 7.05. The maximum atomic E-state index is 12.2. The van der Waals surface area contributed by atoms with Crippen LogP contribution >= 0.6 is 11.3 Å². The highest BCUT2D eigenvalue weighted by molar-refractivity contribution is 7.16. The van der Waals surface area contributed by atoms with E-state index in [9.17, 15) is 9.59 Å². The summed E-state index contributed by atoms with van der Waals surface area (Å²) in [5.41, 5.74) is 3.61. The minimum absolute atomic E-state index is 0.0183. The second-order valence-corrected chi connectivity index (χ2v) is 6.43. The first-order valence-corrected chi connectivity index (χ1v) is 7.87. The van der Waals surface area contributed by atoms with Crippen molar-refractivity contribution in [1.29, 1.82) is 0 Å². The lowest BCUT2D eigenvalue weighted by molar-refractivity contribution is -0.129. The molecule has 0 aliphatic carbocycles. The van der Waals surface area contributed by atoms with Crippen LogP contribution in [0, 0.1) is 5.92 Å². The van der Waals surface area contributed by atoms with Crippen LogP contribution in [0.1, 0.15) is 20.8 Å². The Labute approximate surface area is 132 Å². The average Bonchev–Trinajstić information content (AvgIpc) is 2.79. The molecule has 0 bridgehead atoms. The van der Waals surface area contributed by atoms with Crippen LogP contribution in [0.5, 0.6) is 0 Å². The number of aryl methyl sites for hydroxylation is 1. The van der Waals surface area contributed by atoms with Crippen LogP contribution < -0.4 is 15.5 Å². The van der Waals surface area contributed by atoms with E-state index in [1.54, 1.807) is 0 Å². The van der Waals surface area contributed by atoms with Gasteiger partial charge in [-0.15, -0.1) is 5.10 Å². The average molecular weight is 320 g/mol. The van der Waals surface area contributed by atoms with Crippen molar-refractivity contribution < 1.29 is 9.59 Å². The molecule has 1 atom stereocenters. The zero-order chi connectivity index (χ0) is 16.3. The van der Waals surface area contributed by atoms with Gasteiger partial charge < -0.3 is 9.88 Å². The number of carbonyl (C=O) groups excluding carboxylic acids is 2. The van der Waals surface area contributed by atoms with Gasteiger partial charge in [0.2, 0.25) is 10.7 Å². The number of fused-ring (bicyclic) bond motifs is 1. The highest BCUT2D eigenvalue weighted by atomic mass is 32.1. The lowest BCUT2D eigenvalue weighted by Gasteiger charge is -2.19. The van der Waals surface area contributed by atoms with Crippen LogP contribution in [-0.4, -0.2) is 22.4 Å². The third-order valence-electron chi connectivity index (χ3n) is 3.28. The zero-order valence-corrected chi connectivity index (χ0v) is 13.9. The Morgan fingerprint density at radius 1 is 1.27 bits per heavy atom. The van der Waals surface area contributed by atoms with Gasteiger partial charge in [-0.25, -0.2) is 5.43 Å². The Balaban J connectivity index is 2.23. The number of thiazole rings is 1. The molecule has 2 N–H and O–H groups in total. The summed E-state index contributed by atoms with van der Waals surface area (Å²) in [5, 5.41) is 6.83. The molecule has 22 heavy (non-hydrogen) atoms. The molecule has 2 rings (SSSR count). The lowest BCUT2D eigenvalue weighted by Crippen LogP contribution is -2.48. The molecule has 118 valence electrons. The molecule has 0 saturated heterocycles. The standard InChI is InChI=1S/C15H20N4O2S/c1-9(2)13(16-10(3)20)14(21)17-18-15-19(4)11-7-5-6-8-12(11)22-15/h5-9,13H,1-4H3,(H,16,20)(H,17,21)/b18-15-. The fraction of sp³-hybridized carbons (Fsp3) is 0.400. The second-order valence-electron chi connectivity index (χ2n) is 5.42. The van der Waals surface area contributed by atoms with Crippen molar-refractivity contribution in [2.45, 2.75) is 26.8 Å². The number of rotatable bonds is 4. The third kappa shape index (κ3) is 3.54. The Hall–Kier alpha value is -2.15. The quantitative estimate of drug-likeness (QED) is 0.834. The number of aromatic nitrogens is 1. The molecule has 1 unspecified atom stereocenters. The summed E-state index contributed by atoms with van der Waals surface area (Å²) in [4.78, 5) is 24.1. The molecule has 0 aliphatic heterocycles. The number of para-hydroxylation sites is 1. The number of benzene rings is 1. The molecule has 1 aromatic heterocycles. The molecule has 0 spiro atoms. The summed E-state index contributed by atoms with van der Waals surface area (Å²) in [7, 11) is 1.90. The third-order valence-corrected chi connectivity index (χ3v) is 4.40. The Kier molecular flexibility index (Phi) is 4.97. The van der Waals surface area contributed by atoms with Gasteiger partial charge in [0.05, 0.1) is 10.2 Å². The summed E-state index contributed by atoms with van der Waals surface area (Å²) in [6.45, 7) is 5.14. The van der Waals surface area contributed by atoms with Crippen molar-refractivity contribution in [2.75, 3.05) is 0 Å². The van der Waals surface area contributed by atoms with E-state index in [0.29, 0.717) is 4.80 Å². The minimum Gasteiger partial charge on any atom is -0.344 e. The number of hydrogen-bond donors (Lipinski definition) is 2. The van der Waals surface area contributed by atoms with Crippen LogP contribution in [0.3, 0.4) is 0 Å². The van der Waals surface area contributed by atoms with Crippen LogP contribution in [0.4, 0.5) is 0 Å². The van der Waals surface area contributed by atoms with Gasteiger partial charge in [-0.3, -0.25) is 9.59 Å². The molecule has 7 heteroatoms. The smallest absolute Gasteiger partial charge is 0.262 e. The molecule has 2 amide bonds. The van der Waals surface area contributed by atoms with E-state index in [1.165, 1.54) is 18.3 Å². The van der Waals surface area contributed by atoms with Gasteiger partial charge in [-0.05, 0) is 18.1 Å². The molecule has 0 aliphatic rings. The molecule has 0 radical (unpaired) electrons. The second kappa shape index (κ2) is 6.74. The van der Waals surface area contributed by atoms with E-state index in [4.69, 9.17) is 0 Å². The topological polar surface area (TPSA) is 75.5 Å². The summed E-state index contributed by atoms with van der Waals surface area (Å²) < 4.78 is 3.02. The van der Waals surface area contributed by atoms with Crippen molar-refractivity contribution in [2.24, 2.45) is 18.1 Å². The number of amides is 2. The van der Waals surface area contributed by atoms with Crippen molar-refractivity contribution in [3.05, 3.63) is 29.1 Å². The van der Waals surface area contributed by atoms with Crippen LogP contribution in [0.25, 0.3) is 10.2 Å². The van der Waals surface area contributed by atoms with Crippen molar-refractivity contribution in [1.82, 2.24) is 15.3 Å². The predicted octanol–water partition coefficient (Wildman–Crippen LogP) is 1.33. The lowest BCUT2D eigenvalue weighted by atomic mass is 10.0. The highest BCUT2D eigenvalue weighted by Gasteiger charge is 2.22. The van der Waals surface area contributed by atoms with E-state index in [2.05, 4.69) is 15.8 Å². The normalized spacial score (nSPS) is 13.4. The largest absolute Gasteiger partial charge is 0.344 e. The first kappa shape index (κ1) is 16.2. The maximum absolute atomic E-state index is 12.2. The number of nitrogens with one attached hydrogen (secondary N) is 2. The Morgan fingerprint density at radius 2 is 1.95 bits per heavy atom. The number of carbonyl (C=O) groups is 2. The molecular weight excluding hydrogens is 300 g/mol. The molecule has 6 nitrogen and oxygen atoms in total. The Bertz CT molecular complexity index is 760. The van der Waals surface area contributed by atoms with E-state index < -0.39 is 6.04 Å². The SMILES string of the molecule is CC(=O)NC(C(=O)N/N=c1\sc2ccccc2n1C)C(C)C. The fourth-order valence-corrected chi connectivity index (χ4v) is 3.09. The van der Waals surface area contributed by atoms with E-state index in [0.717, 1.165) is 10.2 Å². The van der Waals surface area contributed by atoms with E-state index in [-0.39, 0.29) is 17.7 Å². The molecule has 1 heterocycles. The number of hydrogen-bond acceptors (Lipinski definition) is 4. The summed E-state index contributed by atoms with van der Waals surface area (Å²) in [6, 6.07) is 7.34. The summed E-state index contributed by atoms with van der Waals surface area (Å²) in [6.07, 6.45) is 0. The predicted molar refractivity (Wildman–Crippen MR) is 86.9 cm³/mol. The number of nitrogens with zero attached hydrogens (tertiary/aromatic N) is 2.